The van der Waals surface area contributed by atoms with Gasteiger partial charge in [-0.05, 0) is 61.4 Å². The van der Waals surface area contributed by atoms with Crippen molar-refractivity contribution in [1.29, 1.82) is 0 Å². The Morgan fingerprint density at radius 1 is 0.825 bits per heavy atom. The Hall–Kier alpha value is -3.61. The molecule has 1 fully saturated rings. The molecule has 1 amide bonds. The van der Waals surface area contributed by atoms with E-state index in [4.69, 9.17) is 9.47 Å². The molecule has 0 bridgehead atoms. The molecule has 0 aromatic heterocycles. The van der Waals surface area contributed by atoms with Crippen LogP contribution in [0.4, 0.5) is 5.69 Å². The lowest BCUT2D eigenvalue weighted by Gasteiger charge is -2.34. The van der Waals surface area contributed by atoms with Crippen LogP contribution in [0.25, 0.3) is 0 Å². The van der Waals surface area contributed by atoms with Crippen LogP contribution in [0.15, 0.2) is 88.7 Å². The highest BCUT2D eigenvalue weighted by Crippen LogP contribution is 2.36. The summed E-state index contributed by atoms with van der Waals surface area (Å²) in [6, 6.07) is 20.9. The minimum Gasteiger partial charge on any atom is -0.492 e. The first-order valence-electron chi connectivity index (χ1n) is 13.1. The molecule has 212 valence electrons. The maximum atomic E-state index is 13.4. The maximum absolute atomic E-state index is 13.4. The number of hydrogen-bond acceptors (Lipinski definition) is 7. The number of anilines is 1. The SMILES string of the molecule is O=C(NCCOc1ccc(S(=O)(=O)N2CCCCC2)cc1)[C@@H]1CN(S(=O)(=O)c2ccccc2)c2ccccc2O1. The van der Waals surface area contributed by atoms with E-state index in [1.165, 1.54) is 32.9 Å². The van der Waals surface area contributed by atoms with Crippen molar-refractivity contribution in [3.63, 3.8) is 0 Å². The van der Waals surface area contributed by atoms with Crippen molar-refractivity contribution >= 4 is 31.6 Å². The Bertz CT molecular complexity index is 1540. The van der Waals surface area contributed by atoms with E-state index in [9.17, 15) is 21.6 Å². The predicted octanol–water partition coefficient (Wildman–Crippen LogP) is 3.01. The van der Waals surface area contributed by atoms with E-state index in [2.05, 4.69) is 5.32 Å². The standard InChI is InChI=1S/C28H31N3O7S2/c32-28(29-17-20-37-22-13-15-24(16-14-22)39(33,34)30-18-7-2-8-19-30)27-21-31(25-11-5-6-12-26(25)38-27)40(35,36)23-9-3-1-4-10-23/h1,3-6,9-16,27H,2,7-8,17-21H2,(H,29,32)/t27-/m0/s1. The lowest BCUT2D eigenvalue weighted by atomic mass is 10.2. The number of nitrogens with zero attached hydrogens (tertiary/aromatic N) is 2. The number of sulfonamides is 2. The van der Waals surface area contributed by atoms with E-state index in [1.54, 1.807) is 54.6 Å². The predicted molar refractivity (Wildman–Crippen MR) is 149 cm³/mol. The summed E-state index contributed by atoms with van der Waals surface area (Å²) in [5.41, 5.74) is 0.365. The zero-order valence-electron chi connectivity index (χ0n) is 21.8. The highest BCUT2D eigenvalue weighted by atomic mass is 32.2. The summed E-state index contributed by atoms with van der Waals surface area (Å²) in [6.45, 7) is 1.14. The summed E-state index contributed by atoms with van der Waals surface area (Å²) in [6.07, 6.45) is 1.71. The van der Waals surface area contributed by atoms with Crippen LogP contribution in [-0.4, -0.2) is 65.9 Å². The Morgan fingerprint density at radius 2 is 1.48 bits per heavy atom. The van der Waals surface area contributed by atoms with Crippen LogP contribution in [-0.2, 0) is 24.8 Å². The molecular formula is C28H31N3O7S2. The van der Waals surface area contributed by atoms with Gasteiger partial charge >= 0.3 is 0 Å². The van der Waals surface area contributed by atoms with Gasteiger partial charge in [0.15, 0.2) is 6.10 Å². The van der Waals surface area contributed by atoms with Crippen molar-refractivity contribution < 1.29 is 31.1 Å². The third kappa shape index (κ3) is 5.93. The molecule has 0 unspecified atom stereocenters. The van der Waals surface area contributed by atoms with Crippen LogP contribution in [0, 0.1) is 0 Å². The number of hydrogen-bond donors (Lipinski definition) is 1. The van der Waals surface area contributed by atoms with Crippen molar-refractivity contribution in [2.75, 3.05) is 37.1 Å². The number of piperidine rings is 1. The smallest absolute Gasteiger partial charge is 0.264 e. The molecule has 2 heterocycles. The van der Waals surface area contributed by atoms with Crippen LogP contribution in [0.3, 0.4) is 0 Å². The maximum Gasteiger partial charge on any atom is 0.264 e. The second kappa shape index (κ2) is 11.9. The molecule has 0 saturated carbocycles. The van der Waals surface area contributed by atoms with Crippen molar-refractivity contribution in [3.8, 4) is 11.5 Å². The van der Waals surface area contributed by atoms with Gasteiger partial charge in [0.1, 0.15) is 18.1 Å². The number of ether oxygens (including phenoxy) is 2. The number of fused-ring (bicyclic) bond motifs is 1. The molecule has 0 aliphatic carbocycles. The van der Waals surface area contributed by atoms with E-state index in [-0.39, 0.29) is 29.5 Å². The van der Waals surface area contributed by atoms with Crippen LogP contribution in [0.1, 0.15) is 19.3 Å². The topological polar surface area (TPSA) is 122 Å². The van der Waals surface area contributed by atoms with Gasteiger partial charge in [0.05, 0.1) is 28.6 Å². The molecule has 1 saturated heterocycles. The number of amides is 1. The van der Waals surface area contributed by atoms with Gasteiger partial charge in [0.2, 0.25) is 10.0 Å². The molecule has 12 heteroatoms. The highest BCUT2D eigenvalue weighted by molar-refractivity contribution is 7.92. The fourth-order valence-corrected chi connectivity index (χ4v) is 7.72. The zero-order valence-corrected chi connectivity index (χ0v) is 23.4. The molecule has 0 spiro atoms. The summed E-state index contributed by atoms with van der Waals surface area (Å²) in [5.74, 6) is 0.286. The van der Waals surface area contributed by atoms with Gasteiger partial charge < -0.3 is 14.8 Å². The summed E-state index contributed by atoms with van der Waals surface area (Å²) in [4.78, 5) is 13.3. The molecule has 2 aliphatic heterocycles. The van der Waals surface area contributed by atoms with Crippen molar-refractivity contribution in [1.82, 2.24) is 9.62 Å². The molecule has 5 rings (SSSR count). The molecule has 1 atom stereocenters. The number of benzene rings is 3. The van der Waals surface area contributed by atoms with Crippen molar-refractivity contribution in [2.24, 2.45) is 0 Å². The van der Waals surface area contributed by atoms with Gasteiger partial charge in [0.25, 0.3) is 15.9 Å². The number of carbonyl (C=O) groups excluding carboxylic acids is 1. The summed E-state index contributed by atoms with van der Waals surface area (Å²) in [7, 11) is -7.44. The zero-order chi connectivity index (χ0) is 28.2. The largest absolute Gasteiger partial charge is 0.492 e. The monoisotopic (exact) mass is 585 g/mol. The van der Waals surface area contributed by atoms with Gasteiger partial charge in [-0.3, -0.25) is 9.10 Å². The Balaban J connectivity index is 1.18. The van der Waals surface area contributed by atoms with E-state index in [0.29, 0.717) is 30.3 Å². The average molecular weight is 586 g/mol. The summed E-state index contributed by atoms with van der Waals surface area (Å²) < 4.78 is 66.6. The van der Waals surface area contributed by atoms with Crippen molar-refractivity contribution in [3.05, 3.63) is 78.9 Å². The second-order valence-electron chi connectivity index (χ2n) is 9.50. The van der Waals surface area contributed by atoms with Gasteiger partial charge in [-0.2, -0.15) is 4.31 Å². The van der Waals surface area contributed by atoms with E-state index < -0.39 is 32.1 Å². The lowest BCUT2D eigenvalue weighted by Crippen LogP contribution is -2.51. The van der Waals surface area contributed by atoms with Crippen LogP contribution < -0.4 is 19.1 Å². The average Bonchev–Trinajstić information content (AvgIpc) is 2.99. The number of rotatable bonds is 9. The third-order valence-electron chi connectivity index (χ3n) is 6.81. The minimum absolute atomic E-state index is 0.119. The van der Waals surface area contributed by atoms with E-state index >= 15 is 0 Å². The van der Waals surface area contributed by atoms with Crippen LogP contribution in [0.5, 0.6) is 11.5 Å². The molecule has 1 N–H and O–H groups in total. The molecule has 10 nitrogen and oxygen atoms in total. The first-order chi connectivity index (χ1) is 19.3. The summed E-state index contributed by atoms with van der Waals surface area (Å²) >= 11 is 0. The third-order valence-corrected chi connectivity index (χ3v) is 10.5. The molecule has 3 aromatic carbocycles. The Labute approximate surface area is 234 Å². The van der Waals surface area contributed by atoms with E-state index in [0.717, 1.165) is 19.3 Å². The van der Waals surface area contributed by atoms with Gasteiger partial charge in [-0.15, -0.1) is 0 Å². The van der Waals surface area contributed by atoms with Crippen molar-refractivity contribution in [2.45, 2.75) is 35.2 Å². The summed E-state index contributed by atoms with van der Waals surface area (Å²) in [5, 5.41) is 2.73. The van der Waals surface area contributed by atoms with E-state index in [1.807, 2.05) is 0 Å². The first kappa shape index (κ1) is 27.9. The second-order valence-corrected chi connectivity index (χ2v) is 13.3. The van der Waals surface area contributed by atoms with Crippen LogP contribution >= 0.6 is 0 Å². The molecule has 40 heavy (non-hydrogen) atoms. The number of nitrogens with one attached hydrogen (secondary N) is 1. The fourth-order valence-electron chi connectivity index (χ4n) is 4.71. The molecular weight excluding hydrogens is 554 g/mol. The molecule has 0 radical (unpaired) electrons. The first-order valence-corrected chi connectivity index (χ1v) is 16.0. The minimum atomic E-state index is -3.92. The highest BCUT2D eigenvalue weighted by Gasteiger charge is 2.37. The molecule has 3 aromatic rings. The van der Waals surface area contributed by atoms with Gasteiger partial charge in [-0.1, -0.05) is 36.8 Å². The fraction of sp³-hybridized carbons (Fsp3) is 0.321. The Morgan fingerprint density at radius 3 is 2.20 bits per heavy atom. The Kier molecular flexibility index (Phi) is 8.29. The number of para-hydroxylation sites is 2. The van der Waals surface area contributed by atoms with Gasteiger partial charge in [-0.25, -0.2) is 16.8 Å². The van der Waals surface area contributed by atoms with Crippen LogP contribution in [0.2, 0.25) is 0 Å². The number of carbonyl (C=O) groups is 1. The van der Waals surface area contributed by atoms with Gasteiger partial charge in [0, 0.05) is 13.1 Å². The normalized spacial score (nSPS) is 17.9. The lowest BCUT2D eigenvalue weighted by molar-refractivity contribution is -0.127. The molecule has 2 aliphatic rings. The quantitative estimate of drug-likeness (QED) is 0.383.